The second-order valence-electron chi connectivity index (χ2n) is 8.30. The van der Waals surface area contributed by atoms with E-state index in [9.17, 15) is 4.79 Å². The van der Waals surface area contributed by atoms with Gasteiger partial charge in [0.15, 0.2) is 0 Å². The number of piperidine rings is 1. The van der Waals surface area contributed by atoms with Crippen LogP contribution in [-0.4, -0.2) is 52.9 Å². The maximum absolute atomic E-state index is 13.0. The van der Waals surface area contributed by atoms with Crippen molar-refractivity contribution in [1.82, 2.24) is 15.1 Å². The molecule has 0 aromatic heterocycles. The number of benzene rings is 1. The molecular weight excluding hydrogens is 405 g/mol. The highest BCUT2D eigenvalue weighted by atomic mass is 35.5. The molecular formula is C23H29Cl2N3O. The van der Waals surface area contributed by atoms with Gasteiger partial charge in [-0.05, 0) is 49.3 Å². The molecule has 0 spiro atoms. The minimum absolute atomic E-state index is 0.0624. The molecule has 0 bridgehead atoms. The number of urea groups is 1. The van der Waals surface area contributed by atoms with Crippen molar-refractivity contribution in [2.24, 2.45) is 0 Å². The van der Waals surface area contributed by atoms with Crippen LogP contribution in [0.15, 0.2) is 53.1 Å². The summed E-state index contributed by atoms with van der Waals surface area (Å²) < 4.78 is 0. The SMILES string of the molecule is O=C(NCC1=CCC(Cl)C(Cl)=C1)N(C1CC1)C1CCN(Cc2ccccc2)CC1. The molecule has 4 nitrogen and oxygen atoms in total. The standard InChI is InChI=1S/C23H29Cl2N3O/c24-21-9-6-18(14-22(21)25)15-26-23(29)28(19-7-8-19)20-10-12-27(13-11-20)16-17-4-2-1-3-5-17/h1-6,14,19-21H,7-13,15-16H2,(H,26,29). The van der Waals surface area contributed by atoms with Crippen molar-refractivity contribution < 1.29 is 4.79 Å². The van der Waals surface area contributed by atoms with E-state index in [0.29, 0.717) is 30.1 Å². The third kappa shape index (κ3) is 5.56. The van der Waals surface area contributed by atoms with E-state index in [2.05, 4.69) is 51.5 Å². The Morgan fingerprint density at radius 1 is 1.10 bits per heavy atom. The molecule has 1 saturated carbocycles. The predicted molar refractivity (Wildman–Crippen MR) is 119 cm³/mol. The number of likely N-dealkylation sites (tertiary alicyclic amines) is 1. The van der Waals surface area contributed by atoms with Crippen molar-refractivity contribution >= 4 is 29.2 Å². The Hall–Kier alpha value is -1.49. The van der Waals surface area contributed by atoms with Crippen LogP contribution in [0.25, 0.3) is 0 Å². The molecule has 2 amide bonds. The minimum Gasteiger partial charge on any atom is -0.334 e. The number of halogens is 2. The monoisotopic (exact) mass is 433 g/mol. The van der Waals surface area contributed by atoms with Gasteiger partial charge in [-0.25, -0.2) is 4.79 Å². The van der Waals surface area contributed by atoms with Crippen LogP contribution in [-0.2, 0) is 6.54 Å². The van der Waals surface area contributed by atoms with Crippen molar-refractivity contribution in [1.29, 1.82) is 0 Å². The molecule has 1 heterocycles. The molecule has 3 aliphatic rings. The molecule has 2 fully saturated rings. The largest absolute Gasteiger partial charge is 0.334 e. The first-order valence-corrected chi connectivity index (χ1v) is 11.4. The molecule has 1 atom stereocenters. The van der Waals surface area contributed by atoms with Crippen molar-refractivity contribution in [3.8, 4) is 0 Å². The van der Waals surface area contributed by atoms with Gasteiger partial charge in [0.25, 0.3) is 0 Å². The summed E-state index contributed by atoms with van der Waals surface area (Å²) in [6.45, 7) is 3.58. The highest BCUT2D eigenvalue weighted by Crippen LogP contribution is 2.32. The van der Waals surface area contributed by atoms with E-state index in [0.717, 1.165) is 50.9 Å². The number of carbonyl (C=O) groups is 1. The maximum atomic E-state index is 13.0. The number of hydrogen-bond acceptors (Lipinski definition) is 2. The van der Waals surface area contributed by atoms with Crippen LogP contribution in [0.5, 0.6) is 0 Å². The molecule has 29 heavy (non-hydrogen) atoms. The average Bonchev–Trinajstić information content (AvgIpc) is 3.56. The molecule has 1 saturated heterocycles. The second-order valence-corrected chi connectivity index (χ2v) is 9.26. The smallest absolute Gasteiger partial charge is 0.318 e. The van der Waals surface area contributed by atoms with Gasteiger partial charge in [-0.15, -0.1) is 11.6 Å². The van der Waals surface area contributed by atoms with Crippen LogP contribution in [0.4, 0.5) is 4.79 Å². The van der Waals surface area contributed by atoms with E-state index < -0.39 is 0 Å². The van der Waals surface area contributed by atoms with Gasteiger partial charge in [0.05, 0.1) is 5.38 Å². The van der Waals surface area contributed by atoms with Gasteiger partial charge in [0.1, 0.15) is 0 Å². The number of nitrogens with one attached hydrogen (secondary N) is 1. The Bertz CT molecular complexity index is 768. The van der Waals surface area contributed by atoms with E-state index in [1.54, 1.807) is 0 Å². The molecule has 6 heteroatoms. The van der Waals surface area contributed by atoms with Gasteiger partial charge >= 0.3 is 6.03 Å². The zero-order valence-electron chi connectivity index (χ0n) is 16.7. The van der Waals surface area contributed by atoms with Crippen LogP contribution in [0.2, 0.25) is 0 Å². The molecule has 1 aliphatic heterocycles. The Labute approximate surface area is 183 Å². The molecule has 0 radical (unpaired) electrons. The lowest BCUT2D eigenvalue weighted by Gasteiger charge is -2.39. The van der Waals surface area contributed by atoms with Gasteiger partial charge in [-0.2, -0.15) is 0 Å². The Morgan fingerprint density at radius 2 is 1.79 bits per heavy atom. The zero-order chi connectivity index (χ0) is 20.2. The first kappa shape index (κ1) is 20.8. The molecule has 2 aliphatic carbocycles. The summed E-state index contributed by atoms with van der Waals surface area (Å²) in [6.07, 6.45) is 8.99. The molecule has 1 N–H and O–H groups in total. The van der Waals surface area contributed by atoms with Gasteiger partial charge in [-0.3, -0.25) is 4.90 Å². The Kier molecular flexibility index (Phi) is 6.84. The van der Waals surface area contributed by atoms with Crippen LogP contribution in [0, 0.1) is 0 Å². The van der Waals surface area contributed by atoms with E-state index in [4.69, 9.17) is 23.2 Å². The van der Waals surface area contributed by atoms with Gasteiger partial charge in [0, 0.05) is 43.3 Å². The summed E-state index contributed by atoms with van der Waals surface area (Å²) in [6, 6.07) is 11.4. The van der Waals surface area contributed by atoms with Crippen LogP contribution < -0.4 is 5.32 Å². The van der Waals surface area contributed by atoms with E-state index in [-0.39, 0.29) is 11.4 Å². The van der Waals surface area contributed by atoms with E-state index in [1.165, 1.54) is 5.56 Å². The average molecular weight is 434 g/mol. The number of nitrogens with zero attached hydrogens (tertiary/aromatic N) is 2. The first-order valence-electron chi connectivity index (χ1n) is 10.6. The third-order valence-electron chi connectivity index (χ3n) is 6.03. The Balaban J connectivity index is 1.29. The van der Waals surface area contributed by atoms with Crippen molar-refractivity contribution in [2.75, 3.05) is 19.6 Å². The van der Waals surface area contributed by atoms with E-state index in [1.807, 2.05) is 6.08 Å². The molecule has 4 rings (SSSR count). The van der Waals surface area contributed by atoms with Gasteiger partial charge in [0.2, 0.25) is 0 Å². The highest BCUT2D eigenvalue weighted by Gasteiger charge is 2.38. The van der Waals surface area contributed by atoms with Crippen LogP contribution in [0.1, 0.15) is 37.7 Å². The van der Waals surface area contributed by atoms with Gasteiger partial charge in [-0.1, -0.05) is 48.0 Å². The number of carbonyl (C=O) groups excluding carboxylic acids is 1. The lowest BCUT2D eigenvalue weighted by molar-refractivity contribution is 0.113. The number of allylic oxidation sites excluding steroid dienone is 2. The molecule has 1 unspecified atom stereocenters. The highest BCUT2D eigenvalue weighted by molar-refractivity contribution is 6.37. The number of alkyl halides is 1. The second kappa shape index (κ2) is 9.55. The number of rotatable bonds is 6. The van der Waals surface area contributed by atoms with Crippen LogP contribution >= 0.6 is 23.2 Å². The van der Waals surface area contributed by atoms with Crippen LogP contribution in [0.3, 0.4) is 0 Å². The fourth-order valence-electron chi connectivity index (χ4n) is 4.27. The molecule has 1 aromatic rings. The summed E-state index contributed by atoms with van der Waals surface area (Å²) in [4.78, 5) is 17.6. The summed E-state index contributed by atoms with van der Waals surface area (Å²) in [7, 11) is 0. The number of hydrogen-bond donors (Lipinski definition) is 1. The summed E-state index contributed by atoms with van der Waals surface area (Å²) in [5.41, 5.74) is 2.39. The molecule has 1 aromatic carbocycles. The lowest BCUT2D eigenvalue weighted by Crippen LogP contribution is -2.51. The third-order valence-corrected chi connectivity index (χ3v) is 6.93. The lowest BCUT2D eigenvalue weighted by atomic mass is 10.0. The van der Waals surface area contributed by atoms with Crippen molar-refractivity contribution in [3.05, 3.63) is 58.7 Å². The summed E-state index contributed by atoms with van der Waals surface area (Å²) >= 11 is 12.3. The Morgan fingerprint density at radius 3 is 2.45 bits per heavy atom. The quantitative estimate of drug-likeness (QED) is 0.648. The topological polar surface area (TPSA) is 35.6 Å². The van der Waals surface area contributed by atoms with Crippen molar-refractivity contribution in [2.45, 2.75) is 56.1 Å². The van der Waals surface area contributed by atoms with Gasteiger partial charge < -0.3 is 10.2 Å². The molecule has 156 valence electrons. The fraction of sp³-hybridized carbons (Fsp3) is 0.522. The zero-order valence-corrected chi connectivity index (χ0v) is 18.2. The normalized spacial score (nSPS) is 23.3. The van der Waals surface area contributed by atoms with Crippen molar-refractivity contribution in [3.63, 3.8) is 0 Å². The maximum Gasteiger partial charge on any atom is 0.318 e. The van der Waals surface area contributed by atoms with E-state index >= 15 is 0 Å². The summed E-state index contributed by atoms with van der Waals surface area (Å²) in [5, 5.41) is 3.63. The minimum atomic E-state index is -0.139. The fourth-order valence-corrected chi connectivity index (χ4v) is 4.65. The first-order chi connectivity index (χ1) is 14.1. The number of amides is 2. The summed E-state index contributed by atoms with van der Waals surface area (Å²) in [5.74, 6) is 0. The predicted octanol–water partition coefficient (Wildman–Crippen LogP) is 4.89.